The number of fused-ring (bicyclic) bond motifs is 1. The van der Waals surface area contributed by atoms with Crippen molar-refractivity contribution in [2.75, 3.05) is 13.1 Å². The van der Waals surface area contributed by atoms with Crippen LogP contribution in [-0.4, -0.2) is 13.1 Å². The van der Waals surface area contributed by atoms with Gasteiger partial charge < -0.3 is 9.73 Å². The Morgan fingerprint density at radius 2 is 2.06 bits per heavy atom. The summed E-state index contributed by atoms with van der Waals surface area (Å²) >= 11 is 0. The van der Waals surface area contributed by atoms with Crippen LogP contribution in [0.15, 0.2) is 28.9 Å². The van der Waals surface area contributed by atoms with Gasteiger partial charge in [-0.2, -0.15) is 0 Å². The van der Waals surface area contributed by atoms with Crippen LogP contribution >= 0.6 is 0 Å². The van der Waals surface area contributed by atoms with Gasteiger partial charge in [-0.1, -0.05) is 32.0 Å². The molecule has 2 aromatic rings. The first-order valence-corrected chi connectivity index (χ1v) is 6.05. The summed E-state index contributed by atoms with van der Waals surface area (Å²) in [6.07, 6.45) is 3.96. The maximum Gasteiger partial charge on any atom is 0.137 e. The van der Waals surface area contributed by atoms with Gasteiger partial charge in [-0.25, -0.2) is 0 Å². The molecule has 2 heteroatoms. The van der Waals surface area contributed by atoms with E-state index in [1.54, 1.807) is 0 Å². The van der Waals surface area contributed by atoms with Crippen molar-refractivity contribution in [1.29, 1.82) is 0 Å². The highest BCUT2D eigenvalue weighted by molar-refractivity contribution is 5.83. The molecule has 1 aromatic heterocycles. The van der Waals surface area contributed by atoms with Crippen LogP contribution in [0.2, 0.25) is 0 Å². The van der Waals surface area contributed by atoms with Gasteiger partial charge in [0.2, 0.25) is 0 Å². The van der Waals surface area contributed by atoms with Crippen molar-refractivity contribution in [1.82, 2.24) is 5.32 Å². The summed E-state index contributed by atoms with van der Waals surface area (Å²) in [5.41, 5.74) is 3.68. The van der Waals surface area contributed by atoms with Crippen LogP contribution < -0.4 is 5.32 Å². The lowest BCUT2D eigenvalue weighted by atomic mass is 10.1. The van der Waals surface area contributed by atoms with E-state index in [0.717, 1.165) is 31.5 Å². The third-order valence-corrected chi connectivity index (χ3v) is 2.96. The summed E-state index contributed by atoms with van der Waals surface area (Å²) in [5.74, 6) is 0. The van der Waals surface area contributed by atoms with Crippen LogP contribution in [0.25, 0.3) is 11.0 Å². The van der Waals surface area contributed by atoms with Gasteiger partial charge in [-0.3, -0.25) is 0 Å². The molecule has 2 nitrogen and oxygen atoms in total. The highest BCUT2D eigenvalue weighted by Crippen LogP contribution is 2.25. The van der Waals surface area contributed by atoms with Crippen molar-refractivity contribution >= 4 is 11.0 Å². The minimum atomic E-state index is 1.02. The summed E-state index contributed by atoms with van der Waals surface area (Å²) in [6, 6.07) is 6.41. The number of para-hydroxylation sites is 1. The Hall–Kier alpha value is -1.28. The molecule has 86 valence electrons. The van der Waals surface area contributed by atoms with E-state index in [9.17, 15) is 0 Å². The fourth-order valence-corrected chi connectivity index (χ4v) is 2.04. The molecule has 1 heterocycles. The Morgan fingerprint density at radius 1 is 1.19 bits per heavy atom. The maximum atomic E-state index is 5.67. The maximum absolute atomic E-state index is 5.67. The van der Waals surface area contributed by atoms with Gasteiger partial charge in [-0.15, -0.1) is 0 Å². The number of hydrogen-bond acceptors (Lipinski definition) is 2. The van der Waals surface area contributed by atoms with Gasteiger partial charge in [0, 0.05) is 5.39 Å². The summed E-state index contributed by atoms with van der Waals surface area (Å²) < 4.78 is 5.67. The second-order valence-electron chi connectivity index (χ2n) is 4.01. The van der Waals surface area contributed by atoms with Crippen molar-refractivity contribution in [3.63, 3.8) is 0 Å². The van der Waals surface area contributed by atoms with Crippen LogP contribution in [-0.2, 0) is 12.8 Å². The van der Waals surface area contributed by atoms with Gasteiger partial charge >= 0.3 is 0 Å². The Balaban J connectivity index is 2.27. The van der Waals surface area contributed by atoms with E-state index in [-0.39, 0.29) is 0 Å². The molecule has 0 amide bonds. The number of aryl methyl sites for hydroxylation is 1. The van der Waals surface area contributed by atoms with Crippen molar-refractivity contribution in [3.8, 4) is 0 Å². The normalized spacial score (nSPS) is 11.1. The molecule has 16 heavy (non-hydrogen) atoms. The van der Waals surface area contributed by atoms with Crippen LogP contribution in [0.1, 0.15) is 25.0 Å². The largest absolute Gasteiger partial charge is 0.464 e. The number of hydrogen-bond donors (Lipinski definition) is 1. The molecule has 0 unspecified atom stereocenters. The molecule has 0 spiro atoms. The summed E-state index contributed by atoms with van der Waals surface area (Å²) in [6.45, 7) is 6.33. The number of nitrogens with one attached hydrogen (secondary N) is 1. The molecule has 0 atom stereocenters. The molecule has 0 radical (unpaired) electrons. The zero-order valence-electron chi connectivity index (χ0n) is 10.0. The third kappa shape index (κ3) is 2.12. The predicted octanol–water partition coefficient (Wildman–Crippen LogP) is 3.15. The standard InChI is InChI=1S/C14H19NO/c1-3-11-6-5-7-13-12(8-9-15-4-2)10-16-14(11)13/h5-7,10,15H,3-4,8-9H2,1-2H3. The molecular weight excluding hydrogens is 198 g/mol. The molecule has 0 fully saturated rings. The topological polar surface area (TPSA) is 25.2 Å². The van der Waals surface area contributed by atoms with E-state index in [0.29, 0.717) is 0 Å². The van der Waals surface area contributed by atoms with Crippen molar-refractivity contribution in [2.24, 2.45) is 0 Å². The molecular formula is C14H19NO. The highest BCUT2D eigenvalue weighted by atomic mass is 16.3. The van der Waals surface area contributed by atoms with Gasteiger partial charge in [0.1, 0.15) is 5.58 Å². The third-order valence-electron chi connectivity index (χ3n) is 2.96. The van der Waals surface area contributed by atoms with E-state index >= 15 is 0 Å². The Labute approximate surface area is 96.6 Å². The van der Waals surface area contributed by atoms with Gasteiger partial charge in [0.05, 0.1) is 6.26 Å². The minimum Gasteiger partial charge on any atom is -0.464 e. The van der Waals surface area contributed by atoms with Gasteiger partial charge in [0.15, 0.2) is 0 Å². The lowest BCUT2D eigenvalue weighted by Crippen LogP contribution is -2.15. The fraction of sp³-hybridized carbons (Fsp3) is 0.429. The molecule has 0 aliphatic rings. The van der Waals surface area contributed by atoms with Gasteiger partial charge in [-0.05, 0) is 37.1 Å². The van der Waals surface area contributed by atoms with E-state index in [1.807, 2.05) is 6.26 Å². The zero-order chi connectivity index (χ0) is 11.4. The number of rotatable bonds is 5. The average molecular weight is 217 g/mol. The Morgan fingerprint density at radius 3 is 2.81 bits per heavy atom. The van der Waals surface area contributed by atoms with Crippen molar-refractivity contribution in [3.05, 3.63) is 35.6 Å². The monoisotopic (exact) mass is 217 g/mol. The Bertz CT molecular complexity index is 459. The molecule has 0 saturated heterocycles. The van der Waals surface area contributed by atoms with Crippen LogP contribution in [0, 0.1) is 0 Å². The Kier molecular flexibility index (Phi) is 3.62. The molecule has 0 aliphatic carbocycles. The molecule has 2 rings (SSSR count). The first kappa shape index (κ1) is 11.2. The summed E-state index contributed by atoms with van der Waals surface area (Å²) in [7, 11) is 0. The van der Waals surface area contributed by atoms with Crippen LogP contribution in [0.4, 0.5) is 0 Å². The number of likely N-dealkylation sites (N-methyl/N-ethyl adjacent to an activating group) is 1. The average Bonchev–Trinajstić information content (AvgIpc) is 2.73. The quantitative estimate of drug-likeness (QED) is 0.778. The summed E-state index contributed by atoms with van der Waals surface area (Å²) in [4.78, 5) is 0. The summed E-state index contributed by atoms with van der Waals surface area (Å²) in [5, 5.41) is 4.61. The van der Waals surface area contributed by atoms with Crippen LogP contribution in [0.5, 0.6) is 0 Å². The molecule has 0 aliphatic heterocycles. The highest BCUT2D eigenvalue weighted by Gasteiger charge is 2.07. The first-order chi connectivity index (χ1) is 7.86. The molecule has 1 aromatic carbocycles. The molecule has 0 saturated carbocycles. The van der Waals surface area contributed by atoms with Crippen molar-refractivity contribution in [2.45, 2.75) is 26.7 Å². The fourth-order valence-electron chi connectivity index (χ4n) is 2.04. The first-order valence-electron chi connectivity index (χ1n) is 6.05. The predicted molar refractivity (Wildman–Crippen MR) is 67.8 cm³/mol. The second kappa shape index (κ2) is 5.17. The smallest absolute Gasteiger partial charge is 0.137 e. The minimum absolute atomic E-state index is 1.02. The number of furan rings is 1. The van der Waals surface area contributed by atoms with E-state index in [1.165, 1.54) is 16.5 Å². The van der Waals surface area contributed by atoms with E-state index < -0.39 is 0 Å². The molecule has 1 N–H and O–H groups in total. The van der Waals surface area contributed by atoms with Gasteiger partial charge in [0.25, 0.3) is 0 Å². The zero-order valence-corrected chi connectivity index (χ0v) is 10.0. The lowest BCUT2D eigenvalue weighted by Gasteiger charge is -2.00. The molecule has 0 bridgehead atoms. The van der Waals surface area contributed by atoms with E-state index in [4.69, 9.17) is 4.42 Å². The second-order valence-corrected chi connectivity index (χ2v) is 4.01. The van der Waals surface area contributed by atoms with Crippen LogP contribution in [0.3, 0.4) is 0 Å². The number of benzene rings is 1. The van der Waals surface area contributed by atoms with Crippen molar-refractivity contribution < 1.29 is 4.42 Å². The lowest BCUT2D eigenvalue weighted by molar-refractivity contribution is 0.603. The SMILES string of the molecule is CCNCCc1coc2c(CC)cccc12. The van der Waals surface area contributed by atoms with E-state index in [2.05, 4.69) is 37.4 Å².